The standard InChI is InChI=1S/C10H17BrO2/c1-2-12-10(8-11)13-9-6-4-3-5-7-9/h4,6,9-10H,2-3,5,7-8H2,1H3/t9-,10?/m1/s1. The Hall–Kier alpha value is 0.140. The Bertz CT molecular complexity index is 159. The van der Waals surface area contributed by atoms with Gasteiger partial charge in [-0.15, -0.1) is 0 Å². The number of halogens is 1. The zero-order valence-corrected chi connectivity index (χ0v) is 9.63. The van der Waals surface area contributed by atoms with Crippen molar-refractivity contribution in [2.24, 2.45) is 0 Å². The van der Waals surface area contributed by atoms with Crippen LogP contribution in [-0.2, 0) is 9.47 Å². The fourth-order valence-corrected chi connectivity index (χ4v) is 1.74. The summed E-state index contributed by atoms with van der Waals surface area (Å²) in [6.07, 6.45) is 8.01. The van der Waals surface area contributed by atoms with Gasteiger partial charge in [-0.2, -0.15) is 0 Å². The first-order valence-electron chi connectivity index (χ1n) is 4.86. The molecule has 1 unspecified atom stereocenters. The Morgan fingerprint density at radius 3 is 3.00 bits per heavy atom. The summed E-state index contributed by atoms with van der Waals surface area (Å²) in [6.45, 7) is 2.68. The molecule has 0 saturated heterocycles. The average Bonchev–Trinajstić information content (AvgIpc) is 2.19. The summed E-state index contributed by atoms with van der Waals surface area (Å²) in [7, 11) is 0. The van der Waals surface area contributed by atoms with Crippen LogP contribution in [0.3, 0.4) is 0 Å². The van der Waals surface area contributed by atoms with E-state index in [1.165, 1.54) is 12.8 Å². The van der Waals surface area contributed by atoms with Crippen LogP contribution in [0.5, 0.6) is 0 Å². The molecule has 1 rings (SSSR count). The maximum Gasteiger partial charge on any atom is 0.167 e. The van der Waals surface area contributed by atoms with Crippen molar-refractivity contribution in [3.63, 3.8) is 0 Å². The van der Waals surface area contributed by atoms with Gasteiger partial charge in [-0.05, 0) is 26.2 Å². The van der Waals surface area contributed by atoms with Crippen molar-refractivity contribution in [2.45, 2.75) is 38.6 Å². The Balaban J connectivity index is 2.27. The van der Waals surface area contributed by atoms with E-state index in [9.17, 15) is 0 Å². The van der Waals surface area contributed by atoms with Crippen LogP contribution in [0.25, 0.3) is 0 Å². The fraction of sp³-hybridized carbons (Fsp3) is 0.800. The van der Waals surface area contributed by atoms with E-state index in [0.717, 1.165) is 11.8 Å². The molecule has 3 heteroatoms. The van der Waals surface area contributed by atoms with E-state index in [-0.39, 0.29) is 12.4 Å². The molecule has 0 amide bonds. The molecule has 2 atom stereocenters. The third kappa shape index (κ3) is 4.25. The highest BCUT2D eigenvalue weighted by atomic mass is 79.9. The fourth-order valence-electron chi connectivity index (χ4n) is 1.40. The van der Waals surface area contributed by atoms with Crippen molar-refractivity contribution in [3.05, 3.63) is 12.2 Å². The van der Waals surface area contributed by atoms with Crippen LogP contribution in [0.1, 0.15) is 26.2 Å². The van der Waals surface area contributed by atoms with Crippen molar-refractivity contribution >= 4 is 15.9 Å². The molecule has 0 saturated carbocycles. The van der Waals surface area contributed by atoms with Crippen LogP contribution in [0.2, 0.25) is 0 Å². The molecule has 0 radical (unpaired) electrons. The van der Waals surface area contributed by atoms with Crippen LogP contribution in [0, 0.1) is 0 Å². The predicted octanol–water partition coefficient (Wildman–Crippen LogP) is 2.87. The van der Waals surface area contributed by atoms with Crippen molar-refractivity contribution in [3.8, 4) is 0 Å². The van der Waals surface area contributed by atoms with Crippen LogP contribution in [0.4, 0.5) is 0 Å². The molecule has 0 N–H and O–H groups in total. The van der Waals surface area contributed by atoms with Crippen LogP contribution < -0.4 is 0 Å². The number of hydrogen-bond donors (Lipinski definition) is 0. The van der Waals surface area contributed by atoms with E-state index in [1.54, 1.807) is 0 Å². The highest BCUT2D eigenvalue weighted by Gasteiger charge is 2.14. The number of allylic oxidation sites excluding steroid dienone is 1. The molecule has 0 heterocycles. The summed E-state index contributed by atoms with van der Waals surface area (Å²) in [5.74, 6) is 0. The van der Waals surface area contributed by atoms with E-state index < -0.39 is 0 Å². The van der Waals surface area contributed by atoms with Crippen LogP contribution in [-0.4, -0.2) is 24.3 Å². The molecule has 0 aliphatic heterocycles. The first-order chi connectivity index (χ1) is 6.36. The lowest BCUT2D eigenvalue weighted by Gasteiger charge is -2.22. The van der Waals surface area contributed by atoms with Crippen molar-refractivity contribution in [1.29, 1.82) is 0 Å². The van der Waals surface area contributed by atoms with E-state index in [4.69, 9.17) is 9.47 Å². The van der Waals surface area contributed by atoms with Gasteiger partial charge in [0.25, 0.3) is 0 Å². The van der Waals surface area contributed by atoms with Crippen molar-refractivity contribution in [2.75, 3.05) is 11.9 Å². The van der Waals surface area contributed by atoms with Crippen molar-refractivity contribution < 1.29 is 9.47 Å². The van der Waals surface area contributed by atoms with E-state index in [0.29, 0.717) is 6.61 Å². The third-order valence-electron chi connectivity index (χ3n) is 2.02. The second-order valence-corrected chi connectivity index (χ2v) is 3.72. The molecule has 2 nitrogen and oxygen atoms in total. The zero-order valence-electron chi connectivity index (χ0n) is 8.04. The highest BCUT2D eigenvalue weighted by molar-refractivity contribution is 9.09. The smallest absolute Gasteiger partial charge is 0.167 e. The number of hydrogen-bond acceptors (Lipinski definition) is 2. The lowest BCUT2D eigenvalue weighted by Crippen LogP contribution is -2.25. The molecule has 0 aromatic carbocycles. The minimum atomic E-state index is -0.0993. The minimum absolute atomic E-state index is 0.0993. The maximum absolute atomic E-state index is 5.73. The van der Waals surface area contributed by atoms with Gasteiger partial charge in [-0.3, -0.25) is 0 Å². The summed E-state index contributed by atoms with van der Waals surface area (Å²) in [4.78, 5) is 0. The Morgan fingerprint density at radius 1 is 1.62 bits per heavy atom. The zero-order chi connectivity index (χ0) is 9.52. The molecule has 0 spiro atoms. The Kier molecular flexibility index (Phi) is 5.67. The van der Waals surface area contributed by atoms with Gasteiger partial charge in [-0.25, -0.2) is 0 Å². The molecule has 0 bridgehead atoms. The molecule has 0 aromatic rings. The third-order valence-corrected chi connectivity index (χ3v) is 2.54. The highest BCUT2D eigenvalue weighted by Crippen LogP contribution is 2.16. The van der Waals surface area contributed by atoms with Crippen LogP contribution in [0.15, 0.2) is 12.2 Å². The molecule has 1 aliphatic rings. The number of ether oxygens (including phenoxy) is 2. The molecular weight excluding hydrogens is 232 g/mol. The molecule has 13 heavy (non-hydrogen) atoms. The number of rotatable bonds is 5. The summed E-state index contributed by atoms with van der Waals surface area (Å²) in [5.41, 5.74) is 0. The summed E-state index contributed by atoms with van der Waals surface area (Å²) < 4.78 is 11.1. The first-order valence-corrected chi connectivity index (χ1v) is 5.98. The van der Waals surface area contributed by atoms with Gasteiger partial charge >= 0.3 is 0 Å². The minimum Gasteiger partial charge on any atom is -0.352 e. The Labute approximate surface area is 88.4 Å². The quantitative estimate of drug-likeness (QED) is 0.423. The molecule has 0 aromatic heterocycles. The maximum atomic E-state index is 5.73. The Morgan fingerprint density at radius 2 is 2.46 bits per heavy atom. The average molecular weight is 249 g/mol. The largest absolute Gasteiger partial charge is 0.352 e. The van der Waals surface area contributed by atoms with Gasteiger partial charge in [0.05, 0.1) is 11.4 Å². The van der Waals surface area contributed by atoms with Crippen molar-refractivity contribution in [1.82, 2.24) is 0 Å². The van der Waals surface area contributed by atoms with Gasteiger partial charge in [0.15, 0.2) is 6.29 Å². The lowest BCUT2D eigenvalue weighted by atomic mass is 10.1. The predicted molar refractivity (Wildman–Crippen MR) is 57.1 cm³/mol. The monoisotopic (exact) mass is 248 g/mol. The summed E-state index contributed by atoms with van der Waals surface area (Å²) in [6, 6.07) is 0. The van der Waals surface area contributed by atoms with Gasteiger partial charge in [0.2, 0.25) is 0 Å². The van der Waals surface area contributed by atoms with Gasteiger partial charge < -0.3 is 9.47 Å². The lowest BCUT2D eigenvalue weighted by molar-refractivity contribution is -0.144. The molecule has 1 aliphatic carbocycles. The molecule has 76 valence electrons. The first kappa shape index (κ1) is 11.2. The topological polar surface area (TPSA) is 18.5 Å². The van der Waals surface area contributed by atoms with Gasteiger partial charge in [-0.1, -0.05) is 28.1 Å². The van der Waals surface area contributed by atoms with E-state index in [2.05, 4.69) is 28.1 Å². The van der Waals surface area contributed by atoms with E-state index in [1.807, 2.05) is 6.92 Å². The second-order valence-electron chi connectivity index (χ2n) is 3.07. The summed E-state index contributed by atoms with van der Waals surface area (Å²) in [5, 5.41) is 0.741. The van der Waals surface area contributed by atoms with Gasteiger partial charge in [0.1, 0.15) is 0 Å². The van der Waals surface area contributed by atoms with Gasteiger partial charge in [0, 0.05) is 6.61 Å². The number of alkyl halides is 1. The molecule has 0 fully saturated rings. The van der Waals surface area contributed by atoms with E-state index >= 15 is 0 Å². The molecular formula is C10H17BrO2. The second kappa shape index (κ2) is 6.57. The SMILES string of the molecule is CCOC(CBr)O[C@@H]1C=CCCC1. The summed E-state index contributed by atoms with van der Waals surface area (Å²) >= 11 is 3.37. The van der Waals surface area contributed by atoms with Crippen LogP contribution >= 0.6 is 15.9 Å². The normalized spacial score (nSPS) is 24.6.